The quantitative estimate of drug-likeness (QED) is 0.373. The van der Waals surface area contributed by atoms with E-state index in [0.29, 0.717) is 42.1 Å². The Hall–Kier alpha value is -4.60. The number of rotatable bonds is 8. The fourth-order valence-corrected chi connectivity index (χ4v) is 4.59. The van der Waals surface area contributed by atoms with Gasteiger partial charge in [-0.1, -0.05) is 23.4 Å². The number of anilines is 1. The fourth-order valence-electron chi connectivity index (χ4n) is 4.59. The van der Waals surface area contributed by atoms with Crippen molar-refractivity contribution in [3.05, 3.63) is 102 Å². The monoisotopic (exact) mass is 517 g/mol. The second-order valence-corrected chi connectivity index (χ2v) is 9.13. The van der Waals surface area contributed by atoms with Crippen molar-refractivity contribution in [1.82, 2.24) is 19.9 Å². The lowest BCUT2D eigenvalue weighted by Crippen LogP contribution is -2.44. The Morgan fingerprint density at radius 1 is 0.974 bits per heavy atom. The highest BCUT2D eigenvalue weighted by atomic mass is 19.1. The van der Waals surface area contributed by atoms with Crippen LogP contribution in [0.3, 0.4) is 0 Å². The number of benzene rings is 3. The van der Waals surface area contributed by atoms with E-state index in [1.54, 1.807) is 48.7 Å². The molecule has 0 saturated carbocycles. The number of hydrogen-bond acceptors (Lipinski definition) is 5. The summed E-state index contributed by atoms with van der Waals surface area (Å²) in [6.45, 7) is 0.274. The van der Waals surface area contributed by atoms with E-state index in [2.05, 4.69) is 15.6 Å². The van der Waals surface area contributed by atoms with Gasteiger partial charge in [0, 0.05) is 18.4 Å². The number of hydrogen-bond donors (Lipinski definition) is 1. The Morgan fingerprint density at radius 2 is 1.68 bits per heavy atom. The predicted octanol–water partition coefficient (Wildman–Crippen LogP) is 4.45. The molecule has 5 rings (SSSR count). The van der Waals surface area contributed by atoms with E-state index in [4.69, 9.17) is 4.74 Å². The van der Waals surface area contributed by atoms with Crippen LogP contribution in [0.4, 0.5) is 14.5 Å². The van der Waals surface area contributed by atoms with Crippen LogP contribution in [0.2, 0.25) is 0 Å². The van der Waals surface area contributed by atoms with Crippen molar-refractivity contribution < 1.29 is 23.1 Å². The van der Waals surface area contributed by atoms with Gasteiger partial charge >= 0.3 is 0 Å². The van der Waals surface area contributed by atoms with E-state index in [1.807, 2.05) is 0 Å². The summed E-state index contributed by atoms with van der Waals surface area (Å²) >= 11 is 0. The number of amides is 2. The normalized spacial score (nSPS) is 16.8. The zero-order valence-corrected chi connectivity index (χ0v) is 20.3. The number of carbonyl (C=O) groups is 2. The van der Waals surface area contributed by atoms with Crippen LogP contribution in [0.1, 0.15) is 12.0 Å². The van der Waals surface area contributed by atoms with E-state index in [9.17, 15) is 18.4 Å². The Labute approximate surface area is 217 Å². The Bertz CT molecular complexity index is 1400. The van der Waals surface area contributed by atoms with Crippen LogP contribution in [0, 0.1) is 17.6 Å². The van der Waals surface area contributed by atoms with Gasteiger partial charge in [0.2, 0.25) is 11.8 Å². The molecule has 38 heavy (non-hydrogen) atoms. The summed E-state index contributed by atoms with van der Waals surface area (Å²) < 4.78 is 34.5. The first-order valence-electron chi connectivity index (χ1n) is 12.2. The average molecular weight is 518 g/mol. The summed E-state index contributed by atoms with van der Waals surface area (Å²) in [6, 6.07) is 18.2. The maximum Gasteiger partial charge on any atom is 0.247 e. The van der Waals surface area contributed by atoms with Gasteiger partial charge in [-0.15, -0.1) is 5.10 Å². The molecule has 1 saturated heterocycles. The van der Waals surface area contributed by atoms with Gasteiger partial charge in [-0.3, -0.25) is 9.59 Å². The molecule has 1 N–H and O–H groups in total. The first kappa shape index (κ1) is 25.1. The van der Waals surface area contributed by atoms with Crippen molar-refractivity contribution in [2.45, 2.75) is 25.4 Å². The third-order valence-electron chi connectivity index (χ3n) is 6.42. The molecule has 1 aliphatic heterocycles. The number of likely N-dealkylation sites (tertiary alicyclic amines) is 1. The van der Waals surface area contributed by atoms with E-state index >= 15 is 0 Å². The van der Waals surface area contributed by atoms with Gasteiger partial charge in [-0.2, -0.15) is 0 Å². The molecule has 2 atom stereocenters. The molecular formula is C28H25F2N5O3. The summed E-state index contributed by atoms with van der Waals surface area (Å²) in [5, 5.41) is 10.4. The SMILES string of the molecule is O=C(Nc1ccc(Oc2ccc(F)cc2)cc1)[C@@H]1C[C@@H](Cc2ccccc2F)CN1C(=O)Cn1ccnn1. The highest BCUT2D eigenvalue weighted by molar-refractivity contribution is 5.97. The molecule has 0 bridgehead atoms. The molecule has 0 radical (unpaired) electrons. The molecule has 1 aliphatic rings. The summed E-state index contributed by atoms with van der Waals surface area (Å²) in [5.41, 5.74) is 1.08. The first-order chi connectivity index (χ1) is 18.4. The Morgan fingerprint density at radius 3 is 2.37 bits per heavy atom. The van der Waals surface area contributed by atoms with Crippen molar-refractivity contribution >= 4 is 17.5 Å². The van der Waals surface area contributed by atoms with E-state index in [1.165, 1.54) is 46.1 Å². The van der Waals surface area contributed by atoms with Crippen molar-refractivity contribution in [2.24, 2.45) is 5.92 Å². The topological polar surface area (TPSA) is 89.4 Å². The van der Waals surface area contributed by atoms with Crippen LogP contribution in [0.15, 0.2) is 85.2 Å². The zero-order chi connectivity index (χ0) is 26.5. The molecule has 8 nitrogen and oxygen atoms in total. The molecule has 0 unspecified atom stereocenters. The van der Waals surface area contributed by atoms with Crippen molar-refractivity contribution in [3.63, 3.8) is 0 Å². The third-order valence-corrected chi connectivity index (χ3v) is 6.42. The molecule has 2 heterocycles. The van der Waals surface area contributed by atoms with Crippen molar-refractivity contribution in [1.29, 1.82) is 0 Å². The zero-order valence-electron chi connectivity index (χ0n) is 20.3. The number of halogens is 2. The molecule has 10 heteroatoms. The molecule has 2 amide bonds. The van der Waals surface area contributed by atoms with Crippen LogP contribution in [-0.4, -0.2) is 44.3 Å². The van der Waals surface area contributed by atoms with Gasteiger partial charge in [0.25, 0.3) is 0 Å². The number of ether oxygens (including phenoxy) is 1. The van der Waals surface area contributed by atoms with Gasteiger partial charge in [0.05, 0.1) is 6.20 Å². The van der Waals surface area contributed by atoms with Gasteiger partial charge in [0.15, 0.2) is 0 Å². The fraction of sp³-hybridized carbons (Fsp3) is 0.214. The summed E-state index contributed by atoms with van der Waals surface area (Å²) in [6.07, 6.45) is 3.87. The lowest BCUT2D eigenvalue weighted by atomic mass is 9.96. The van der Waals surface area contributed by atoms with E-state index in [0.717, 1.165) is 0 Å². The smallest absolute Gasteiger partial charge is 0.247 e. The van der Waals surface area contributed by atoms with E-state index < -0.39 is 6.04 Å². The minimum atomic E-state index is -0.724. The van der Waals surface area contributed by atoms with Gasteiger partial charge in [-0.25, -0.2) is 13.5 Å². The van der Waals surface area contributed by atoms with Crippen molar-refractivity contribution in [3.8, 4) is 11.5 Å². The number of aromatic nitrogens is 3. The molecule has 0 aliphatic carbocycles. The molecule has 3 aromatic carbocycles. The van der Waals surface area contributed by atoms with Crippen LogP contribution in [0.25, 0.3) is 0 Å². The first-order valence-corrected chi connectivity index (χ1v) is 12.2. The van der Waals surface area contributed by atoms with Crippen LogP contribution >= 0.6 is 0 Å². The maximum atomic E-state index is 14.3. The van der Waals surface area contributed by atoms with Gasteiger partial charge in [0.1, 0.15) is 35.7 Å². The highest BCUT2D eigenvalue weighted by Gasteiger charge is 2.39. The Kier molecular flexibility index (Phi) is 7.39. The standard InChI is InChI=1S/C28H25F2N5O3/c29-21-5-9-23(10-6-21)38-24-11-7-22(8-12-24)32-28(37)26-16-19(15-20-3-1-2-4-25(20)30)17-35(26)27(36)18-34-14-13-31-33-34/h1-14,19,26H,15-18H2,(H,32,37)/t19-,26+/m1/s1. The number of nitrogens with zero attached hydrogens (tertiary/aromatic N) is 4. The Balaban J connectivity index is 1.27. The molecule has 194 valence electrons. The van der Waals surface area contributed by atoms with Crippen LogP contribution in [-0.2, 0) is 22.6 Å². The molecule has 1 aromatic heterocycles. The second kappa shape index (κ2) is 11.2. The number of nitrogens with one attached hydrogen (secondary N) is 1. The van der Waals surface area contributed by atoms with Crippen LogP contribution < -0.4 is 10.1 Å². The summed E-state index contributed by atoms with van der Waals surface area (Å²) in [4.78, 5) is 28.0. The lowest BCUT2D eigenvalue weighted by molar-refractivity contribution is -0.137. The molecule has 0 spiro atoms. The minimum absolute atomic E-state index is 0.0500. The summed E-state index contributed by atoms with van der Waals surface area (Å²) in [5.74, 6) is -0.346. The molecule has 4 aromatic rings. The highest BCUT2D eigenvalue weighted by Crippen LogP contribution is 2.29. The summed E-state index contributed by atoms with van der Waals surface area (Å²) in [7, 11) is 0. The maximum absolute atomic E-state index is 14.3. The largest absolute Gasteiger partial charge is 0.457 e. The predicted molar refractivity (Wildman–Crippen MR) is 135 cm³/mol. The van der Waals surface area contributed by atoms with Crippen molar-refractivity contribution in [2.75, 3.05) is 11.9 Å². The lowest BCUT2D eigenvalue weighted by Gasteiger charge is -2.24. The van der Waals surface area contributed by atoms with E-state index in [-0.39, 0.29) is 35.9 Å². The minimum Gasteiger partial charge on any atom is -0.457 e. The molecule has 1 fully saturated rings. The van der Waals surface area contributed by atoms with Crippen LogP contribution in [0.5, 0.6) is 11.5 Å². The number of carbonyl (C=O) groups excluding carboxylic acids is 2. The average Bonchev–Trinajstić information content (AvgIpc) is 3.58. The van der Waals surface area contributed by atoms with Gasteiger partial charge < -0.3 is 15.0 Å². The second-order valence-electron chi connectivity index (χ2n) is 9.13. The van der Waals surface area contributed by atoms with Gasteiger partial charge in [-0.05, 0) is 78.9 Å². The molecular weight excluding hydrogens is 492 g/mol. The third kappa shape index (κ3) is 6.03.